The molecule has 84 valence electrons. The van der Waals surface area contributed by atoms with E-state index in [0.29, 0.717) is 0 Å². The van der Waals surface area contributed by atoms with E-state index < -0.39 is 29.1 Å². The van der Waals surface area contributed by atoms with Gasteiger partial charge in [-0.25, -0.2) is 8.98 Å². The molecule has 0 saturated carbocycles. The van der Waals surface area contributed by atoms with Gasteiger partial charge in [0, 0.05) is 13.0 Å². The first kappa shape index (κ1) is 13.3. The highest BCUT2D eigenvalue weighted by molar-refractivity contribution is 7.80. The Morgan fingerprint density at radius 3 is 2.43 bits per heavy atom. The van der Waals surface area contributed by atoms with Gasteiger partial charge in [-0.1, -0.05) is 0 Å². The molecule has 0 aliphatic carbocycles. The minimum atomic E-state index is -4.72. The number of carbonyl (C=O) groups is 1. The number of aliphatic hydroxyl groups is 1. The van der Waals surface area contributed by atoms with E-state index in [1.165, 1.54) is 6.92 Å². The Bertz CT molecular complexity index is 270. The summed E-state index contributed by atoms with van der Waals surface area (Å²) >= 11 is 0. The van der Waals surface area contributed by atoms with Crippen LogP contribution in [0.25, 0.3) is 0 Å². The second-order valence-corrected chi connectivity index (χ2v) is 3.32. The maximum Gasteiger partial charge on any atom is 0.398 e. The van der Waals surface area contributed by atoms with Crippen LogP contribution < -0.4 is 0 Å². The summed E-state index contributed by atoms with van der Waals surface area (Å²) in [6.45, 7) is 1.12. The molecule has 0 radical (unpaired) electrons. The van der Waals surface area contributed by atoms with Crippen LogP contribution in [-0.2, 0) is 24.1 Å². The maximum atomic E-state index is 11.0. The van der Waals surface area contributed by atoms with Crippen LogP contribution in [0.5, 0.6) is 0 Å². The average molecular weight is 228 g/mol. The normalized spacial score (nSPS) is 13.6. The highest BCUT2D eigenvalue weighted by Gasteiger charge is 2.25. The standard InChI is InChI=1S/C6H12O7S/c1-2-12-6(8)5(3-4-7)13-14(9,10)11/h5,7H,2-4H2,1H3,(H,9,10,11). The number of aliphatic hydroxyl groups excluding tert-OH is 1. The Hall–Kier alpha value is -0.700. The van der Waals surface area contributed by atoms with Crippen LogP contribution in [0.15, 0.2) is 0 Å². The molecule has 1 atom stereocenters. The quantitative estimate of drug-likeness (QED) is 0.448. The number of hydrogen-bond acceptors (Lipinski definition) is 6. The molecule has 14 heavy (non-hydrogen) atoms. The molecule has 1 unspecified atom stereocenters. The lowest BCUT2D eigenvalue weighted by atomic mass is 10.3. The van der Waals surface area contributed by atoms with E-state index >= 15 is 0 Å². The highest BCUT2D eigenvalue weighted by atomic mass is 32.3. The molecule has 7 nitrogen and oxygen atoms in total. The van der Waals surface area contributed by atoms with Crippen LogP contribution in [0.3, 0.4) is 0 Å². The maximum absolute atomic E-state index is 11.0. The van der Waals surface area contributed by atoms with Gasteiger partial charge >= 0.3 is 16.4 Å². The third kappa shape index (κ3) is 5.86. The molecule has 8 heteroatoms. The molecule has 0 rings (SSSR count). The van der Waals surface area contributed by atoms with E-state index in [2.05, 4.69) is 8.92 Å². The second-order valence-electron chi connectivity index (χ2n) is 2.28. The van der Waals surface area contributed by atoms with Crippen LogP contribution in [0, 0.1) is 0 Å². The SMILES string of the molecule is CCOC(=O)C(CCO)OS(=O)(=O)O. The summed E-state index contributed by atoms with van der Waals surface area (Å²) in [5.74, 6) is -0.945. The lowest BCUT2D eigenvalue weighted by Crippen LogP contribution is -2.30. The van der Waals surface area contributed by atoms with Crippen LogP contribution in [0.2, 0.25) is 0 Å². The van der Waals surface area contributed by atoms with Gasteiger partial charge in [0.15, 0.2) is 6.10 Å². The number of carbonyl (C=O) groups excluding carboxylic acids is 1. The third-order valence-electron chi connectivity index (χ3n) is 1.18. The van der Waals surface area contributed by atoms with Crippen molar-refractivity contribution in [2.24, 2.45) is 0 Å². The average Bonchev–Trinajstić information content (AvgIpc) is 2.01. The molecule has 0 aromatic heterocycles. The Balaban J connectivity index is 4.36. The largest absolute Gasteiger partial charge is 0.464 e. The van der Waals surface area contributed by atoms with Crippen molar-refractivity contribution in [1.82, 2.24) is 0 Å². The van der Waals surface area contributed by atoms with Gasteiger partial charge in [-0.2, -0.15) is 8.42 Å². The summed E-state index contributed by atoms with van der Waals surface area (Å²) in [4.78, 5) is 11.0. The summed E-state index contributed by atoms with van der Waals surface area (Å²) in [5, 5.41) is 8.49. The molecule has 0 saturated heterocycles. The smallest absolute Gasteiger partial charge is 0.398 e. The van der Waals surface area contributed by atoms with Crippen molar-refractivity contribution >= 4 is 16.4 Å². The predicted octanol–water partition coefficient (Wildman–Crippen LogP) is -0.880. The van der Waals surface area contributed by atoms with E-state index in [-0.39, 0.29) is 13.0 Å². The molecular weight excluding hydrogens is 216 g/mol. The molecular formula is C6H12O7S. The molecule has 0 aromatic carbocycles. The Labute approximate surface area is 81.6 Å². The van der Waals surface area contributed by atoms with Gasteiger partial charge in [-0.3, -0.25) is 4.55 Å². The Morgan fingerprint density at radius 2 is 2.07 bits per heavy atom. The van der Waals surface area contributed by atoms with Gasteiger partial charge in [0.05, 0.1) is 6.61 Å². The van der Waals surface area contributed by atoms with Crippen LogP contribution in [0.4, 0.5) is 0 Å². The first-order valence-electron chi connectivity index (χ1n) is 3.84. The fourth-order valence-corrected chi connectivity index (χ4v) is 1.17. The van der Waals surface area contributed by atoms with Crippen LogP contribution >= 0.6 is 0 Å². The fourth-order valence-electron chi connectivity index (χ4n) is 0.704. The van der Waals surface area contributed by atoms with Gasteiger partial charge in [0.25, 0.3) is 0 Å². The van der Waals surface area contributed by atoms with Gasteiger partial charge < -0.3 is 9.84 Å². The van der Waals surface area contributed by atoms with Crippen LogP contribution in [-0.4, -0.2) is 43.4 Å². The summed E-state index contributed by atoms with van der Waals surface area (Å²) < 4.78 is 37.3. The van der Waals surface area contributed by atoms with E-state index in [0.717, 1.165) is 0 Å². The van der Waals surface area contributed by atoms with Gasteiger partial charge in [-0.15, -0.1) is 0 Å². The lowest BCUT2D eigenvalue weighted by Gasteiger charge is -2.12. The van der Waals surface area contributed by atoms with E-state index in [1.807, 2.05) is 0 Å². The zero-order valence-corrected chi connectivity index (χ0v) is 8.36. The van der Waals surface area contributed by atoms with E-state index in [4.69, 9.17) is 9.66 Å². The Kier molecular flexibility index (Phi) is 5.62. The van der Waals surface area contributed by atoms with Crippen molar-refractivity contribution in [3.8, 4) is 0 Å². The summed E-state index contributed by atoms with van der Waals surface area (Å²) in [7, 11) is -4.72. The van der Waals surface area contributed by atoms with Gasteiger partial charge in [-0.05, 0) is 6.92 Å². The van der Waals surface area contributed by atoms with Crippen molar-refractivity contribution in [1.29, 1.82) is 0 Å². The molecule has 0 aliphatic heterocycles. The molecule has 0 bridgehead atoms. The van der Waals surface area contributed by atoms with Crippen molar-refractivity contribution in [3.63, 3.8) is 0 Å². The molecule has 0 aromatic rings. The molecule has 0 heterocycles. The predicted molar refractivity (Wildman–Crippen MR) is 44.8 cm³/mol. The molecule has 0 fully saturated rings. The Morgan fingerprint density at radius 1 is 1.50 bits per heavy atom. The second kappa shape index (κ2) is 5.91. The molecule has 0 spiro atoms. The summed E-state index contributed by atoms with van der Waals surface area (Å²) in [5.41, 5.74) is 0. The lowest BCUT2D eigenvalue weighted by molar-refractivity contribution is -0.152. The van der Waals surface area contributed by atoms with Crippen molar-refractivity contribution < 1.29 is 31.8 Å². The van der Waals surface area contributed by atoms with Crippen molar-refractivity contribution in [2.45, 2.75) is 19.4 Å². The first-order chi connectivity index (χ1) is 6.40. The zero-order chi connectivity index (χ0) is 11.2. The number of rotatable bonds is 6. The number of ether oxygens (including phenoxy) is 1. The van der Waals surface area contributed by atoms with Crippen LogP contribution in [0.1, 0.15) is 13.3 Å². The number of hydrogen-bond donors (Lipinski definition) is 2. The van der Waals surface area contributed by atoms with Crippen molar-refractivity contribution in [2.75, 3.05) is 13.2 Å². The highest BCUT2D eigenvalue weighted by Crippen LogP contribution is 2.04. The van der Waals surface area contributed by atoms with E-state index in [9.17, 15) is 13.2 Å². The molecule has 0 aliphatic rings. The fraction of sp³-hybridized carbons (Fsp3) is 0.833. The minimum absolute atomic E-state index is 0.0512. The summed E-state index contributed by atoms with van der Waals surface area (Å²) in [6.07, 6.45) is -1.77. The first-order valence-corrected chi connectivity index (χ1v) is 5.20. The topological polar surface area (TPSA) is 110 Å². The molecule has 2 N–H and O–H groups in total. The van der Waals surface area contributed by atoms with Gasteiger partial charge in [0.2, 0.25) is 0 Å². The third-order valence-corrected chi connectivity index (χ3v) is 1.65. The summed E-state index contributed by atoms with van der Waals surface area (Å²) in [6, 6.07) is 0. The monoisotopic (exact) mass is 228 g/mol. The van der Waals surface area contributed by atoms with Crippen molar-refractivity contribution in [3.05, 3.63) is 0 Å². The van der Waals surface area contributed by atoms with Gasteiger partial charge in [0.1, 0.15) is 0 Å². The zero-order valence-electron chi connectivity index (χ0n) is 7.54. The number of esters is 1. The van der Waals surface area contributed by atoms with E-state index in [1.54, 1.807) is 0 Å². The molecule has 0 amide bonds. The minimum Gasteiger partial charge on any atom is -0.464 e.